The van der Waals surface area contributed by atoms with Crippen molar-refractivity contribution >= 4 is 5.97 Å². The highest BCUT2D eigenvalue weighted by molar-refractivity contribution is 5.66. The van der Waals surface area contributed by atoms with E-state index in [4.69, 9.17) is 5.11 Å². The van der Waals surface area contributed by atoms with Crippen LogP contribution in [0.2, 0.25) is 0 Å². The minimum Gasteiger partial charge on any atom is -0.481 e. The number of unbranched alkanes of at least 4 members (excludes halogenated alkanes) is 14. The van der Waals surface area contributed by atoms with E-state index in [2.05, 4.69) is 26.0 Å². The van der Waals surface area contributed by atoms with E-state index in [0.717, 1.165) is 18.8 Å². The Morgan fingerprint density at radius 3 is 1.68 bits per heavy atom. The number of aliphatic carboxylic acids is 1. The second kappa shape index (κ2) is 22.5. The Morgan fingerprint density at radius 2 is 1.14 bits per heavy atom. The van der Waals surface area contributed by atoms with Crippen molar-refractivity contribution in [3.05, 3.63) is 12.2 Å². The third kappa shape index (κ3) is 21.5. The fourth-order valence-corrected chi connectivity index (χ4v) is 3.89. The van der Waals surface area contributed by atoms with E-state index in [0.29, 0.717) is 6.42 Å². The van der Waals surface area contributed by atoms with E-state index in [9.17, 15) is 4.79 Å². The molecule has 0 aliphatic rings. The number of allylic oxidation sites excluding steroid dienone is 2. The number of carbonyl (C=O) groups is 1. The Bertz CT molecular complexity index is 348. The van der Waals surface area contributed by atoms with Crippen molar-refractivity contribution in [1.82, 2.24) is 0 Å². The largest absolute Gasteiger partial charge is 0.481 e. The summed E-state index contributed by atoms with van der Waals surface area (Å²) in [6, 6.07) is 0. The molecule has 0 radical (unpaired) electrons. The molecule has 0 spiro atoms. The van der Waals surface area contributed by atoms with Crippen LogP contribution in [0.3, 0.4) is 0 Å². The fraction of sp³-hybridized carbons (Fsp3) is 0.885. The zero-order chi connectivity index (χ0) is 20.7. The van der Waals surface area contributed by atoms with Gasteiger partial charge in [-0.15, -0.1) is 0 Å². The summed E-state index contributed by atoms with van der Waals surface area (Å²) in [7, 11) is 0. The molecule has 0 aliphatic heterocycles. The number of hydrogen-bond acceptors (Lipinski definition) is 1. The second-order valence-electron chi connectivity index (χ2n) is 8.65. The van der Waals surface area contributed by atoms with Gasteiger partial charge in [0.1, 0.15) is 0 Å². The van der Waals surface area contributed by atoms with Crippen molar-refractivity contribution in [3.63, 3.8) is 0 Å². The van der Waals surface area contributed by atoms with Crippen LogP contribution in [0.25, 0.3) is 0 Å². The number of carboxylic acids is 1. The lowest BCUT2D eigenvalue weighted by atomic mass is 9.93. The molecule has 0 heterocycles. The van der Waals surface area contributed by atoms with Gasteiger partial charge < -0.3 is 5.11 Å². The molecular formula is C26H50O2. The van der Waals surface area contributed by atoms with Crippen LogP contribution in [0.4, 0.5) is 0 Å². The zero-order valence-electron chi connectivity index (χ0n) is 19.2. The Hall–Kier alpha value is -0.790. The average Bonchev–Trinajstić information content (AvgIpc) is 2.68. The molecule has 28 heavy (non-hydrogen) atoms. The quantitative estimate of drug-likeness (QED) is 0.147. The van der Waals surface area contributed by atoms with Gasteiger partial charge in [0, 0.05) is 6.42 Å². The van der Waals surface area contributed by atoms with E-state index in [1.54, 1.807) is 0 Å². The second-order valence-corrected chi connectivity index (χ2v) is 8.65. The first-order chi connectivity index (χ1) is 13.7. The summed E-state index contributed by atoms with van der Waals surface area (Å²) in [6.07, 6.45) is 30.1. The maximum Gasteiger partial charge on any atom is 0.303 e. The van der Waals surface area contributed by atoms with Crippen LogP contribution < -0.4 is 0 Å². The van der Waals surface area contributed by atoms with E-state index < -0.39 is 5.97 Å². The van der Waals surface area contributed by atoms with Gasteiger partial charge >= 0.3 is 5.97 Å². The molecule has 0 aliphatic carbocycles. The predicted octanol–water partition coefficient (Wildman–Crippen LogP) is 9.09. The highest BCUT2D eigenvalue weighted by Crippen LogP contribution is 2.21. The number of hydrogen-bond donors (Lipinski definition) is 1. The topological polar surface area (TPSA) is 37.3 Å². The van der Waals surface area contributed by atoms with Gasteiger partial charge in [-0.3, -0.25) is 4.79 Å². The molecule has 1 unspecified atom stereocenters. The zero-order valence-corrected chi connectivity index (χ0v) is 19.2. The van der Waals surface area contributed by atoms with Gasteiger partial charge in [0.2, 0.25) is 0 Å². The monoisotopic (exact) mass is 394 g/mol. The summed E-state index contributed by atoms with van der Waals surface area (Å²) < 4.78 is 0. The van der Waals surface area contributed by atoms with E-state index >= 15 is 0 Å². The SMILES string of the molecule is CCCCCCCCC=CC(CCCCCCC)CCCCCCCC(=O)O. The van der Waals surface area contributed by atoms with Crippen molar-refractivity contribution in [2.75, 3.05) is 0 Å². The third-order valence-corrected chi connectivity index (χ3v) is 5.78. The first-order valence-electron chi connectivity index (χ1n) is 12.6. The molecule has 166 valence electrons. The van der Waals surface area contributed by atoms with Crippen LogP contribution in [0, 0.1) is 5.92 Å². The molecule has 0 aromatic heterocycles. The Morgan fingerprint density at radius 1 is 0.679 bits per heavy atom. The first-order valence-corrected chi connectivity index (χ1v) is 12.6. The summed E-state index contributed by atoms with van der Waals surface area (Å²) in [4.78, 5) is 10.5. The summed E-state index contributed by atoms with van der Waals surface area (Å²) >= 11 is 0. The smallest absolute Gasteiger partial charge is 0.303 e. The highest BCUT2D eigenvalue weighted by Gasteiger charge is 2.05. The maximum atomic E-state index is 10.5. The van der Waals surface area contributed by atoms with Crippen LogP contribution in [-0.2, 0) is 4.79 Å². The summed E-state index contributed by atoms with van der Waals surface area (Å²) in [6.45, 7) is 4.56. The molecule has 1 atom stereocenters. The molecule has 0 aromatic rings. The molecule has 1 N–H and O–H groups in total. The van der Waals surface area contributed by atoms with Crippen LogP contribution in [0.1, 0.15) is 142 Å². The Labute approximate surface area is 176 Å². The predicted molar refractivity (Wildman–Crippen MR) is 124 cm³/mol. The van der Waals surface area contributed by atoms with Gasteiger partial charge in [0.25, 0.3) is 0 Å². The Balaban J connectivity index is 3.92. The van der Waals surface area contributed by atoms with E-state index in [1.807, 2.05) is 0 Å². The van der Waals surface area contributed by atoms with Crippen LogP contribution in [0.5, 0.6) is 0 Å². The van der Waals surface area contributed by atoms with Crippen molar-refractivity contribution in [3.8, 4) is 0 Å². The van der Waals surface area contributed by atoms with Gasteiger partial charge in [-0.1, -0.05) is 116 Å². The van der Waals surface area contributed by atoms with Gasteiger partial charge in [-0.25, -0.2) is 0 Å². The Kier molecular flexibility index (Phi) is 21.9. The van der Waals surface area contributed by atoms with E-state index in [1.165, 1.54) is 109 Å². The molecule has 0 aromatic carbocycles. The van der Waals surface area contributed by atoms with Gasteiger partial charge in [0.15, 0.2) is 0 Å². The third-order valence-electron chi connectivity index (χ3n) is 5.78. The molecule has 0 saturated carbocycles. The molecule has 0 amide bonds. The van der Waals surface area contributed by atoms with Gasteiger partial charge in [0.05, 0.1) is 0 Å². The number of rotatable bonds is 22. The van der Waals surface area contributed by atoms with Crippen LogP contribution in [0.15, 0.2) is 12.2 Å². The molecule has 2 heteroatoms. The summed E-state index contributed by atoms with van der Waals surface area (Å²) in [5.41, 5.74) is 0. The van der Waals surface area contributed by atoms with Crippen molar-refractivity contribution in [1.29, 1.82) is 0 Å². The molecular weight excluding hydrogens is 344 g/mol. The molecule has 0 bridgehead atoms. The van der Waals surface area contributed by atoms with Crippen molar-refractivity contribution in [2.24, 2.45) is 5.92 Å². The minimum atomic E-state index is -0.654. The lowest BCUT2D eigenvalue weighted by molar-refractivity contribution is -0.137. The molecule has 0 fully saturated rings. The summed E-state index contributed by atoms with van der Waals surface area (Å²) in [5, 5.41) is 8.69. The van der Waals surface area contributed by atoms with Crippen LogP contribution >= 0.6 is 0 Å². The normalized spacial score (nSPS) is 12.6. The fourth-order valence-electron chi connectivity index (χ4n) is 3.89. The van der Waals surface area contributed by atoms with Gasteiger partial charge in [-0.2, -0.15) is 0 Å². The average molecular weight is 395 g/mol. The standard InChI is InChI=1S/C26H50O2/c1-3-5-7-9-10-11-14-18-22-25(21-17-13-8-6-4-2)23-19-15-12-16-20-24-26(27)28/h18,22,25H,3-17,19-21,23-24H2,1-2H3,(H,27,28). The lowest BCUT2D eigenvalue weighted by Gasteiger charge is -2.13. The van der Waals surface area contributed by atoms with Crippen molar-refractivity contribution in [2.45, 2.75) is 142 Å². The first kappa shape index (κ1) is 27.2. The maximum absolute atomic E-state index is 10.5. The molecule has 2 nitrogen and oxygen atoms in total. The van der Waals surface area contributed by atoms with Crippen LogP contribution in [-0.4, -0.2) is 11.1 Å². The highest BCUT2D eigenvalue weighted by atomic mass is 16.4. The molecule has 0 saturated heterocycles. The van der Waals surface area contributed by atoms with E-state index in [-0.39, 0.29) is 0 Å². The minimum absolute atomic E-state index is 0.335. The van der Waals surface area contributed by atoms with Crippen molar-refractivity contribution < 1.29 is 9.90 Å². The lowest BCUT2D eigenvalue weighted by Crippen LogP contribution is -1.98. The number of carboxylic acid groups (broad SMARTS) is 1. The molecule has 0 rings (SSSR count). The van der Waals surface area contributed by atoms with Gasteiger partial charge in [-0.05, 0) is 38.0 Å². The summed E-state index contributed by atoms with van der Waals surface area (Å²) in [5.74, 6) is 0.111.